The van der Waals surface area contributed by atoms with Gasteiger partial charge in [-0.15, -0.1) is 0 Å². The van der Waals surface area contributed by atoms with Crippen LogP contribution in [-0.4, -0.2) is 123 Å². The molecule has 26 heavy (non-hydrogen) atoms. The smallest absolute Gasteiger partial charge is 2.00 e. The molecule has 0 saturated carbocycles. The number of carbonyl (C=O) groups excluding carboxylic acids is 4. The van der Waals surface area contributed by atoms with Gasteiger partial charge in [0, 0.05) is 0 Å². The van der Waals surface area contributed by atoms with Crippen LogP contribution in [0.25, 0.3) is 0 Å². The van der Waals surface area contributed by atoms with Crippen LogP contribution in [0.2, 0.25) is 0 Å². The van der Waals surface area contributed by atoms with E-state index < -0.39 is 80.0 Å². The summed E-state index contributed by atoms with van der Waals surface area (Å²) in [5, 5.41) is 45.1. The number of hydrogen-bond donors (Lipinski definition) is 3. The fourth-order valence-electron chi connectivity index (χ4n) is 0.643. The molecule has 0 heterocycles. The molecular formula is C12H18O12Pb2. The van der Waals surface area contributed by atoms with E-state index in [1.165, 1.54) is 13.8 Å². The molecule has 0 fully saturated rings. The third kappa shape index (κ3) is 17.0. The Hall–Kier alpha value is -0.436. The van der Waals surface area contributed by atoms with Gasteiger partial charge in [-0.3, -0.25) is 0 Å². The molecule has 0 aromatic rings. The largest absolute Gasteiger partial charge is 2.00 e. The number of aliphatic hydroxyl groups excluding tert-OH is 3. The van der Waals surface area contributed by atoms with Crippen molar-refractivity contribution >= 4 is 76.3 Å². The minimum Gasteiger partial charge on any atom is 2.00 e. The number of hydrogen-bond acceptors (Lipinski definition) is 12. The van der Waals surface area contributed by atoms with E-state index in [4.69, 9.17) is 20.1 Å². The van der Waals surface area contributed by atoms with Gasteiger partial charge in [-0.05, 0) is 6.92 Å². The Morgan fingerprint density at radius 2 is 1.31 bits per heavy atom. The summed E-state index contributed by atoms with van der Waals surface area (Å²) in [5.41, 5.74) is 0. The van der Waals surface area contributed by atoms with Gasteiger partial charge in [-0.1, -0.05) is 0 Å². The molecule has 0 saturated heterocycles. The normalized spacial score (nSPS) is 14.2. The van der Waals surface area contributed by atoms with Crippen molar-refractivity contribution in [1.82, 2.24) is 0 Å². The van der Waals surface area contributed by atoms with Crippen molar-refractivity contribution in [3.05, 3.63) is 0 Å². The molecule has 0 spiro atoms. The quantitative estimate of drug-likeness (QED) is 0.188. The second-order valence-electron chi connectivity index (χ2n) is 4.41. The number of aliphatic hydroxyl groups is 3. The van der Waals surface area contributed by atoms with Crippen molar-refractivity contribution in [2.75, 3.05) is 6.61 Å². The molecule has 0 aromatic heterocycles. The van der Waals surface area contributed by atoms with E-state index >= 15 is 0 Å². The van der Waals surface area contributed by atoms with E-state index in [0.717, 1.165) is 6.92 Å². The zero-order valence-electron chi connectivity index (χ0n) is 14.0. The van der Waals surface area contributed by atoms with Gasteiger partial charge >= 0.3 is 149 Å². The number of rotatable bonds is 9. The Morgan fingerprint density at radius 3 is 1.65 bits per heavy atom. The third-order valence-electron chi connectivity index (χ3n) is 2.07. The first-order chi connectivity index (χ1) is 11.4. The van der Waals surface area contributed by atoms with Gasteiger partial charge in [0.15, 0.2) is 0 Å². The van der Waals surface area contributed by atoms with Gasteiger partial charge in [0.2, 0.25) is 0 Å². The van der Waals surface area contributed by atoms with Crippen molar-refractivity contribution in [1.29, 1.82) is 0 Å². The van der Waals surface area contributed by atoms with Crippen LogP contribution in [0.1, 0.15) is 20.8 Å². The van der Waals surface area contributed by atoms with Gasteiger partial charge < -0.3 is 15.0 Å². The summed E-state index contributed by atoms with van der Waals surface area (Å²) in [5.74, 6) is -4.87. The summed E-state index contributed by atoms with van der Waals surface area (Å²) in [6.07, 6.45) is -5.60. The molecule has 0 aliphatic rings. The first-order valence-electron chi connectivity index (χ1n) is 6.64. The summed E-state index contributed by atoms with van der Waals surface area (Å²) in [6, 6.07) is 0. The van der Waals surface area contributed by atoms with E-state index in [1.807, 2.05) is 0 Å². The maximum absolute atomic E-state index is 11.3. The Labute approximate surface area is 182 Å². The van der Waals surface area contributed by atoms with Crippen LogP contribution in [0.3, 0.4) is 0 Å². The second kappa shape index (κ2) is 16.7. The van der Waals surface area contributed by atoms with Crippen molar-refractivity contribution < 1.29 is 54.8 Å². The van der Waals surface area contributed by atoms with Crippen molar-refractivity contribution in [2.45, 2.75) is 45.2 Å². The standard InChI is InChI=1S/C6H10O6.2C3H6O3.2Pb/c1-3(5(8)9)12-2-4(7)6(10)11;2*1-2(4)3(5)6;;/h3-4,7H,2H2,1H3,(H,8,9)(H,10,11);2*2,4H,1H3,(H,5,6);;/q;;;2*+2/p-4. The summed E-state index contributed by atoms with van der Waals surface area (Å²) in [4.78, 5) is 41.6. The first-order valence-corrected chi connectivity index (χ1v) is 9.81. The average molecular weight is 769 g/mol. The first kappa shape index (κ1) is 30.3. The van der Waals surface area contributed by atoms with Gasteiger partial charge in [0.1, 0.15) is 0 Å². The fraction of sp³-hybridized carbons (Fsp3) is 0.667. The molecule has 14 heteroatoms. The van der Waals surface area contributed by atoms with Crippen LogP contribution in [0.15, 0.2) is 0 Å². The number of carboxylic acid groups (broad SMARTS) is 2. The molecule has 0 rings (SSSR count). The van der Waals surface area contributed by atoms with E-state index in [1.54, 1.807) is 0 Å². The van der Waals surface area contributed by atoms with Gasteiger partial charge in [0.25, 0.3) is 0 Å². The van der Waals surface area contributed by atoms with E-state index in [2.05, 4.69) is 5.37 Å². The molecule has 146 valence electrons. The Balaban J connectivity index is -0.000000649. The maximum atomic E-state index is 11.3. The molecule has 0 amide bonds. The zero-order chi connectivity index (χ0) is 20.2. The minimum atomic E-state index is -2.45. The average Bonchev–Trinajstić information content (AvgIpc) is 2.51. The monoisotopic (exact) mass is 770 g/mol. The molecule has 3 N–H and O–H groups in total. The number of aliphatic carboxylic acids is 2. The molecule has 12 nitrogen and oxygen atoms in total. The van der Waals surface area contributed by atoms with E-state index in [9.17, 15) is 29.4 Å². The minimum absolute atomic E-state index is 0. The van der Waals surface area contributed by atoms with Crippen LogP contribution in [0.5, 0.6) is 0 Å². The van der Waals surface area contributed by atoms with Gasteiger partial charge in [-0.25, -0.2) is 0 Å². The molecule has 0 aliphatic carbocycles. The van der Waals surface area contributed by atoms with E-state index in [-0.39, 0.29) is 27.3 Å². The van der Waals surface area contributed by atoms with Crippen LogP contribution in [0, 0.1) is 0 Å². The van der Waals surface area contributed by atoms with Crippen molar-refractivity contribution in [2.24, 2.45) is 0 Å². The molecule has 4 atom stereocenters. The molecule has 4 radical (unpaired) electrons. The van der Waals surface area contributed by atoms with Gasteiger partial charge in [0.05, 0.1) is 12.1 Å². The Morgan fingerprint density at radius 1 is 0.885 bits per heavy atom. The molecule has 0 aromatic carbocycles. The molecule has 0 bridgehead atoms. The fourth-order valence-corrected chi connectivity index (χ4v) is 2.75. The van der Waals surface area contributed by atoms with Crippen molar-refractivity contribution in [3.63, 3.8) is 0 Å². The van der Waals surface area contributed by atoms with Crippen LogP contribution in [0.4, 0.5) is 0 Å². The van der Waals surface area contributed by atoms with Crippen LogP contribution >= 0.6 is 0 Å². The Kier molecular flexibility index (Phi) is 19.5. The maximum Gasteiger partial charge on any atom is 2.00 e. The van der Waals surface area contributed by atoms with Gasteiger partial charge in [-0.2, -0.15) is 0 Å². The summed E-state index contributed by atoms with van der Waals surface area (Å²) >= 11 is -2.45. The van der Waals surface area contributed by atoms with E-state index in [0.29, 0.717) is 0 Å². The Bertz CT molecular complexity index is 453. The number of carboxylic acids is 2. The molecule has 4 unspecified atom stereocenters. The number of carbonyl (C=O) groups is 4. The number of ether oxygens (including phenoxy) is 1. The SMILES string of the molecule is CC(O)C(=O)[O-].CC(O)C(=O)[O][Pb][O]C(=O)C(C)OCC(O)C(=O)[O-].[Pb+2]. The topological polar surface area (TPSA) is 203 Å². The summed E-state index contributed by atoms with van der Waals surface area (Å²) < 4.78 is 13.9. The third-order valence-corrected chi connectivity index (χ3v) is 4.29. The van der Waals surface area contributed by atoms with Crippen molar-refractivity contribution in [3.8, 4) is 0 Å². The molecule has 0 aliphatic heterocycles. The predicted octanol–water partition coefficient (Wildman–Crippen LogP) is -5.76. The zero-order valence-corrected chi connectivity index (χ0v) is 21.8. The molecular weight excluding hydrogens is 751 g/mol. The predicted molar refractivity (Wildman–Crippen MR) is 78.5 cm³/mol. The summed E-state index contributed by atoms with van der Waals surface area (Å²) in [6.45, 7) is 3.00. The summed E-state index contributed by atoms with van der Waals surface area (Å²) in [7, 11) is 0. The second-order valence-corrected chi connectivity index (χ2v) is 6.64. The van der Waals surface area contributed by atoms with Crippen LogP contribution < -0.4 is 10.2 Å². The van der Waals surface area contributed by atoms with Crippen LogP contribution in [-0.2, 0) is 29.3 Å².